The van der Waals surface area contributed by atoms with Crippen molar-refractivity contribution in [2.24, 2.45) is 0 Å². The number of benzene rings is 4. The van der Waals surface area contributed by atoms with Crippen molar-refractivity contribution in [1.82, 2.24) is 25.4 Å². The van der Waals surface area contributed by atoms with E-state index in [0.717, 1.165) is 4.90 Å². The normalized spacial score (nSPS) is 15.0. The lowest BCUT2D eigenvalue weighted by Gasteiger charge is -2.34. The van der Waals surface area contributed by atoms with Gasteiger partial charge in [0.25, 0.3) is 11.8 Å². The Balaban J connectivity index is 1.13. The van der Waals surface area contributed by atoms with Gasteiger partial charge in [0, 0.05) is 81.8 Å². The van der Waals surface area contributed by atoms with Gasteiger partial charge in [-0.05, 0) is 106 Å². The lowest BCUT2D eigenvalue weighted by Crippen LogP contribution is -2.52. The second kappa shape index (κ2) is 19.6. The van der Waals surface area contributed by atoms with Crippen LogP contribution in [0.25, 0.3) is 10.9 Å². The van der Waals surface area contributed by atoms with E-state index < -0.39 is 71.2 Å². The van der Waals surface area contributed by atoms with Crippen LogP contribution in [0.4, 0.5) is 18.9 Å². The van der Waals surface area contributed by atoms with E-state index in [9.17, 15) is 46.7 Å². The molecule has 0 spiro atoms. The van der Waals surface area contributed by atoms with Crippen LogP contribution in [0.15, 0.2) is 72.8 Å². The van der Waals surface area contributed by atoms with Crippen LogP contribution < -0.4 is 16.0 Å². The molecule has 1 saturated heterocycles. The molecule has 18 heteroatoms. The zero-order valence-corrected chi connectivity index (χ0v) is 37.5. The second-order valence-corrected chi connectivity index (χ2v) is 17.4. The maximum atomic E-state index is 14.8. The number of nitrogens with one attached hydrogen (secondary N) is 4. The van der Waals surface area contributed by atoms with Gasteiger partial charge >= 0.3 is 5.97 Å². The van der Waals surface area contributed by atoms with Crippen molar-refractivity contribution in [1.29, 1.82) is 0 Å². The molecular weight excluding hydrogens is 893 g/mol. The number of carbonyl (C=O) groups excluding carboxylic acids is 7. The molecule has 7 rings (SSSR count). The van der Waals surface area contributed by atoms with Crippen LogP contribution in [0.2, 0.25) is 5.02 Å². The van der Waals surface area contributed by atoms with Gasteiger partial charge in [0.2, 0.25) is 23.6 Å². The lowest BCUT2D eigenvalue weighted by molar-refractivity contribution is -0.137. The minimum atomic E-state index is -1.73. The molecule has 346 valence electrons. The fourth-order valence-corrected chi connectivity index (χ4v) is 8.18. The smallest absolute Gasteiger partial charge is 0.355 e. The van der Waals surface area contributed by atoms with Gasteiger partial charge < -0.3 is 30.2 Å². The fraction of sp³-hybridized carbons (Fsp3) is 0.286. The van der Waals surface area contributed by atoms with Crippen LogP contribution in [-0.4, -0.2) is 74.4 Å². The molecule has 0 saturated carbocycles. The van der Waals surface area contributed by atoms with Crippen molar-refractivity contribution >= 4 is 69.6 Å². The third kappa shape index (κ3) is 10.5. The van der Waals surface area contributed by atoms with Gasteiger partial charge in [0.15, 0.2) is 17.5 Å². The first-order valence-electron chi connectivity index (χ1n) is 21.2. The lowest BCUT2D eigenvalue weighted by atomic mass is 9.96. The van der Waals surface area contributed by atoms with Crippen LogP contribution in [0.1, 0.15) is 113 Å². The highest BCUT2D eigenvalue weighted by atomic mass is 35.5. The number of imide groups is 1. The number of piperidine rings is 1. The van der Waals surface area contributed by atoms with Gasteiger partial charge in [0.1, 0.15) is 17.8 Å². The number of aromatic amines is 1. The number of nitrogens with zero attached hydrogens (tertiary/aromatic N) is 2. The van der Waals surface area contributed by atoms with Crippen LogP contribution >= 0.6 is 11.6 Å². The Labute approximate surface area is 387 Å². The van der Waals surface area contributed by atoms with Crippen molar-refractivity contribution in [3.05, 3.63) is 134 Å². The predicted octanol–water partition coefficient (Wildman–Crippen LogP) is 7.25. The predicted molar refractivity (Wildman–Crippen MR) is 240 cm³/mol. The Morgan fingerprint density at radius 3 is 2.37 bits per heavy atom. The molecule has 4 aromatic carbocycles. The molecule has 2 unspecified atom stereocenters. The Morgan fingerprint density at radius 2 is 1.70 bits per heavy atom. The third-order valence-electron chi connectivity index (χ3n) is 11.0. The minimum Gasteiger partial charge on any atom is -0.461 e. The summed E-state index contributed by atoms with van der Waals surface area (Å²) in [4.78, 5) is 98.7. The van der Waals surface area contributed by atoms with Crippen LogP contribution in [0.5, 0.6) is 0 Å². The quantitative estimate of drug-likeness (QED) is 0.0436. The van der Waals surface area contributed by atoms with Crippen molar-refractivity contribution in [3.8, 4) is 11.8 Å². The maximum absolute atomic E-state index is 14.8. The van der Waals surface area contributed by atoms with Crippen molar-refractivity contribution in [3.63, 3.8) is 0 Å². The SMILES string of the molecule is CCOC(=O)c1[nH]c2cc(Cl)ccc2c1C(C(=O)NC(C)(C)C)N(Cc1cc(F)c(F)c(F)c1)C(=O)c1ccc(NC(=O)CCC#Cc2cccc3c2CN(C2CCC(=O)NC2=O)C3=O)cc1. The molecule has 5 aromatic rings. The van der Waals surface area contributed by atoms with Gasteiger partial charge in [-0.3, -0.25) is 34.1 Å². The summed E-state index contributed by atoms with van der Waals surface area (Å²) in [5.41, 5.74) is 0.875. The number of esters is 1. The van der Waals surface area contributed by atoms with Gasteiger partial charge in [-0.25, -0.2) is 18.0 Å². The molecule has 1 aromatic heterocycles. The average molecular weight is 937 g/mol. The van der Waals surface area contributed by atoms with E-state index in [-0.39, 0.29) is 83.7 Å². The number of carbonyl (C=O) groups is 7. The van der Waals surface area contributed by atoms with Crippen molar-refractivity contribution in [2.75, 3.05) is 11.9 Å². The van der Waals surface area contributed by atoms with Gasteiger partial charge in [-0.15, -0.1) is 0 Å². The first kappa shape index (κ1) is 47.5. The standard InChI is InChI=1S/C49H44ClF3N6O8/c1-5-67-48(66)42-40(32-18-15-29(50)23-36(32)55-42)43(45(63)57-49(2,3)4)59(24-26-21-34(51)41(53)35(52)22-26)46(64)28-13-16-30(17-14-28)54-38(60)12-7-6-9-27-10-8-11-31-33(27)25-58(47(31)65)37-19-20-39(61)56-44(37)62/h8,10-11,13-18,21-23,37,43,55H,5,7,12,19-20,24-25H2,1-4H3,(H,54,60)(H,57,63)(H,56,61,62). The maximum Gasteiger partial charge on any atom is 0.355 e. The van der Waals surface area contributed by atoms with Crippen LogP contribution in [-0.2, 0) is 37.0 Å². The summed E-state index contributed by atoms with van der Waals surface area (Å²) >= 11 is 6.30. The highest BCUT2D eigenvalue weighted by Crippen LogP contribution is 2.37. The molecule has 1 fully saturated rings. The number of halogens is 4. The first-order valence-corrected chi connectivity index (χ1v) is 21.6. The molecule has 4 N–H and O–H groups in total. The highest BCUT2D eigenvalue weighted by Gasteiger charge is 2.41. The molecular formula is C49H44ClF3N6O8. The average Bonchev–Trinajstić information content (AvgIpc) is 3.80. The number of hydrogen-bond donors (Lipinski definition) is 4. The van der Waals surface area contributed by atoms with Gasteiger partial charge in [0.05, 0.1) is 6.61 Å². The van der Waals surface area contributed by atoms with E-state index >= 15 is 0 Å². The molecule has 2 aliphatic heterocycles. The Hall–Kier alpha value is -7.45. The molecule has 2 atom stereocenters. The number of H-pyrrole nitrogens is 1. The van der Waals surface area contributed by atoms with E-state index in [2.05, 4.69) is 32.8 Å². The zero-order valence-electron chi connectivity index (χ0n) is 36.7. The van der Waals surface area contributed by atoms with E-state index in [1.807, 2.05) is 0 Å². The monoisotopic (exact) mass is 936 g/mol. The van der Waals surface area contributed by atoms with Crippen molar-refractivity contribution < 1.29 is 51.5 Å². The molecule has 2 aliphatic rings. The third-order valence-corrected chi connectivity index (χ3v) is 11.2. The summed E-state index contributed by atoms with van der Waals surface area (Å²) in [5, 5.41) is 8.46. The molecule has 0 aliphatic carbocycles. The zero-order chi connectivity index (χ0) is 48.3. The Kier molecular flexibility index (Phi) is 13.9. The van der Waals surface area contributed by atoms with Crippen LogP contribution in [0, 0.1) is 29.3 Å². The Bertz CT molecular complexity index is 2900. The molecule has 6 amide bonds. The molecule has 0 radical (unpaired) electrons. The highest BCUT2D eigenvalue weighted by molar-refractivity contribution is 6.31. The number of hydrogen-bond acceptors (Lipinski definition) is 8. The number of fused-ring (bicyclic) bond motifs is 2. The fourth-order valence-electron chi connectivity index (χ4n) is 8.00. The summed E-state index contributed by atoms with van der Waals surface area (Å²) in [6.45, 7) is 6.10. The van der Waals surface area contributed by atoms with Gasteiger partial charge in [-0.2, -0.15) is 0 Å². The van der Waals surface area contributed by atoms with E-state index in [4.69, 9.17) is 16.3 Å². The molecule has 3 heterocycles. The summed E-state index contributed by atoms with van der Waals surface area (Å²) in [6.07, 6.45) is 0.437. The van der Waals surface area contributed by atoms with Crippen molar-refractivity contribution in [2.45, 2.75) is 84.1 Å². The molecule has 0 bridgehead atoms. The summed E-state index contributed by atoms with van der Waals surface area (Å²) in [5.74, 6) is -2.96. The summed E-state index contributed by atoms with van der Waals surface area (Å²) in [6, 6.07) is 14.2. The number of aromatic nitrogens is 1. The molecule has 67 heavy (non-hydrogen) atoms. The number of amides is 6. The molecule has 14 nitrogen and oxygen atoms in total. The van der Waals surface area contributed by atoms with E-state index in [1.165, 1.54) is 41.3 Å². The number of rotatable bonds is 12. The van der Waals surface area contributed by atoms with E-state index in [1.54, 1.807) is 52.0 Å². The largest absolute Gasteiger partial charge is 0.461 e. The Morgan fingerprint density at radius 1 is 0.985 bits per heavy atom. The second-order valence-electron chi connectivity index (χ2n) is 16.9. The minimum absolute atomic E-state index is 0.00501. The summed E-state index contributed by atoms with van der Waals surface area (Å²) in [7, 11) is 0. The van der Waals surface area contributed by atoms with E-state index in [0.29, 0.717) is 39.7 Å². The topological polar surface area (TPSA) is 187 Å². The van der Waals surface area contributed by atoms with Crippen LogP contribution in [0.3, 0.4) is 0 Å². The number of ether oxygens (including phenoxy) is 1. The van der Waals surface area contributed by atoms with Gasteiger partial charge in [-0.1, -0.05) is 35.6 Å². The number of anilines is 1. The first-order chi connectivity index (χ1) is 31.8. The summed E-state index contributed by atoms with van der Waals surface area (Å²) < 4.78 is 48.9.